The van der Waals surface area contributed by atoms with Crippen molar-refractivity contribution in [2.24, 2.45) is 0 Å². The zero-order valence-corrected chi connectivity index (χ0v) is 16.9. The maximum Gasteiger partial charge on any atom is 0.234 e. The summed E-state index contributed by atoms with van der Waals surface area (Å²) in [6.07, 6.45) is 2.53. The predicted octanol–water partition coefficient (Wildman–Crippen LogP) is 5.16. The molecular formula is C24H24N4O. The highest BCUT2D eigenvalue weighted by atomic mass is 16.5. The van der Waals surface area contributed by atoms with Crippen molar-refractivity contribution in [2.45, 2.75) is 26.2 Å². The lowest BCUT2D eigenvalue weighted by Crippen LogP contribution is -2.06. The first-order valence-corrected chi connectivity index (χ1v) is 9.73. The third-order valence-corrected chi connectivity index (χ3v) is 5.24. The molecule has 146 valence electrons. The molecule has 0 amide bonds. The molecule has 0 spiro atoms. The van der Waals surface area contributed by atoms with Crippen LogP contribution in [0.15, 0.2) is 71.4 Å². The van der Waals surface area contributed by atoms with Gasteiger partial charge in [0.15, 0.2) is 0 Å². The van der Waals surface area contributed by atoms with Crippen molar-refractivity contribution in [1.82, 2.24) is 15.1 Å². The molecule has 29 heavy (non-hydrogen) atoms. The second kappa shape index (κ2) is 8.27. The number of pyridine rings is 1. The minimum atomic E-state index is -0.0192. The smallest absolute Gasteiger partial charge is 0.234 e. The third kappa shape index (κ3) is 4.04. The number of rotatable bonds is 6. The topological polar surface area (TPSA) is 63.8 Å². The van der Waals surface area contributed by atoms with Gasteiger partial charge >= 0.3 is 0 Å². The average molecular weight is 384 g/mol. The van der Waals surface area contributed by atoms with Gasteiger partial charge in [-0.25, -0.2) is 4.98 Å². The zero-order valence-electron chi connectivity index (χ0n) is 16.9. The standard InChI is InChI=1S/C24H24N4O/c1-16-11-12-18(14-17(16)2)15-21(19-8-5-4-6-9-19)24-27-23(28-29-24)20-10-7-13-26-22(20)25-3/h4-14,21H,15H2,1-3H3,(H,25,26). The van der Waals surface area contributed by atoms with Gasteiger partial charge in [-0.3, -0.25) is 0 Å². The first-order valence-electron chi connectivity index (χ1n) is 9.73. The van der Waals surface area contributed by atoms with Gasteiger partial charge in [-0.1, -0.05) is 53.7 Å². The number of aromatic nitrogens is 3. The van der Waals surface area contributed by atoms with Crippen molar-refractivity contribution in [3.05, 3.63) is 95.0 Å². The Morgan fingerprint density at radius 3 is 2.55 bits per heavy atom. The number of hydrogen-bond acceptors (Lipinski definition) is 5. The van der Waals surface area contributed by atoms with Crippen LogP contribution < -0.4 is 5.32 Å². The molecule has 0 radical (unpaired) electrons. The fourth-order valence-electron chi connectivity index (χ4n) is 3.47. The number of nitrogens with zero attached hydrogens (tertiary/aromatic N) is 3. The average Bonchev–Trinajstić information content (AvgIpc) is 3.25. The highest BCUT2D eigenvalue weighted by Crippen LogP contribution is 2.31. The Hall–Kier alpha value is -3.47. The molecule has 5 heteroatoms. The van der Waals surface area contributed by atoms with Crippen LogP contribution in [0.25, 0.3) is 11.4 Å². The van der Waals surface area contributed by atoms with E-state index in [2.05, 4.69) is 59.6 Å². The monoisotopic (exact) mass is 384 g/mol. The van der Waals surface area contributed by atoms with E-state index in [-0.39, 0.29) is 5.92 Å². The number of nitrogens with one attached hydrogen (secondary N) is 1. The fraction of sp³-hybridized carbons (Fsp3) is 0.208. The van der Waals surface area contributed by atoms with Crippen LogP contribution >= 0.6 is 0 Å². The van der Waals surface area contributed by atoms with Crippen molar-refractivity contribution >= 4 is 5.82 Å². The lowest BCUT2D eigenvalue weighted by Gasteiger charge is -2.14. The molecule has 0 aliphatic heterocycles. The molecule has 1 N–H and O–H groups in total. The largest absolute Gasteiger partial charge is 0.373 e. The SMILES string of the molecule is CNc1ncccc1-c1noc(C(Cc2ccc(C)c(C)c2)c2ccccc2)n1. The van der Waals surface area contributed by atoms with Crippen LogP contribution in [0.1, 0.15) is 34.1 Å². The molecule has 1 unspecified atom stereocenters. The molecule has 0 aliphatic carbocycles. The van der Waals surface area contributed by atoms with E-state index in [0.717, 1.165) is 23.4 Å². The van der Waals surface area contributed by atoms with Crippen molar-refractivity contribution in [2.75, 3.05) is 12.4 Å². The van der Waals surface area contributed by atoms with Gasteiger partial charge in [0.25, 0.3) is 0 Å². The second-order valence-electron chi connectivity index (χ2n) is 7.19. The summed E-state index contributed by atoms with van der Waals surface area (Å²) >= 11 is 0. The van der Waals surface area contributed by atoms with E-state index in [9.17, 15) is 0 Å². The van der Waals surface area contributed by atoms with Gasteiger partial charge in [0.1, 0.15) is 5.82 Å². The molecular weight excluding hydrogens is 360 g/mol. The van der Waals surface area contributed by atoms with Gasteiger partial charge in [-0.2, -0.15) is 4.98 Å². The van der Waals surface area contributed by atoms with E-state index in [4.69, 9.17) is 9.51 Å². The predicted molar refractivity (Wildman–Crippen MR) is 115 cm³/mol. The summed E-state index contributed by atoms with van der Waals surface area (Å²) in [7, 11) is 1.83. The normalized spacial score (nSPS) is 12.0. The molecule has 5 nitrogen and oxygen atoms in total. The molecule has 2 aromatic heterocycles. The maximum atomic E-state index is 5.74. The van der Waals surface area contributed by atoms with Gasteiger partial charge in [0.05, 0.1) is 11.5 Å². The van der Waals surface area contributed by atoms with Crippen molar-refractivity contribution in [1.29, 1.82) is 0 Å². The second-order valence-corrected chi connectivity index (χ2v) is 7.19. The quantitative estimate of drug-likeness (QED) is 0.497. The molecule has 4 aromatic rings. The van der Waals surface area contributed by atoms with Gasteiger partial charge in [0.2, 0.25) is 11.7 Å². The van der Waals surface area contributed by atoms with Crippen LogP contribution in [0.3, 0.4) is 0 Å². The first kappa shape index (κ1) is 18.9. The van der Waals surface area contributed by atoms with E-state index in [1.165, 1.54) is 16.7 Å². The summed E-state index contributed by atoms with van der Waals surface area (Å²) in [6.45, 7) is 4.27. The Balaban J connectivity index is 1.72. The summed E-state index contributed by atoms with van der Waals surface area (Å²) in [5.41, 5.74) is 5.80. The number of benzene rings is 2. The summed E-state index contributed by atoms with van der Waals surface area (Å²) < 4.78 is 5.74. The summed E-state index contributed by atoms with van der Waals surface area (Å²) in [4.78, 5) is 9.08. The first-order chi connectivity index (χ1) is 14.2. The number of hydrogen-bond donors (Lipinski definition) is 1. The zero-order chi connectivity index (χ0) is 20.2. The Morgan fingerprint density at radius 1 is 0.966 bits per heavy atom. The van der Waals surface area contributed by atoms with Gasteiger partial charge in [-0.05, 0) is 54.7 Å². The Kier molecular flexibility index (Phi) is 5.38. The van der Waals surface area contributed by atoms with Crippen LogP contribution in [-0.4, -0.2) is 22.2 Å². The van der Waals surface area contributed by atoms with E-state index < -0.39 is 0 Å². The molecule has 2 heterocycles. The summed E-state index contributed by atoms with van der Waals surface area (Å²) in [5, 5.41) is 7.33. The van der Waals surface area contributed by atoms with E-state index in [0.29, 0.717) is 11.7 Å². The minimum Gasteiger partial charge on any atom is -0.373 e. The highest BCUT2D eigenvalue weighted by Gasteiger charge is 2.23. The highest BCUT2D eigenvalue weighted by molar-refractivity contribution is 5.69. The molecule has 0 saturated heterocycles. The summed E-state index contributed by atoms with van der Waals surface area (Å²) in [6, 6.07) is 20.7. The van der Waals surface area contributed by atoms with Gasteiger partial charge < -0.3 is 9.84 Å². The van der Waals surface area contributed by atoms with Gasteiger partial charge in [0, 0.05) is 13.2 Å². The molecule has 4 rings (SSSR count). The Labute approximate surface area is 170 Å². The maximum absolute atomic E-state index is 5.74. The Bertz CT molecular complexity index is 1100. The molecule has 0 saturated carbocycles. The molecule has 0 aliphatic rings. The molecule has 1 atom stereocenters. The van der Waals surface area contributed by atoms with Gasteiger partial charge in [-0.15, -0.1) is 0 Å². The minimum absolute atomic E-state index is 0.0192. The molecule has 0 bridgehead atoms. The van der Waals surface area contributed by atoms with Crippen molar-refractivity contribution in [3.63, 3.8) is 0 Å². The number of anilines is 1. The van der Waals surface area contributed by atoms with Crippen molar-refractivity contribution < 1.29 is 4.52 Å². The third-order valence-electron chi connectivity index (χ3n) is 5.24. The van der Waals surface area contributed by atoms with Crippen LogP contribution in [0.5, 0.6) is 0 Å². The lowest BCUT2D eigenvalue weighted by atomic mass is 9.90. The number of aryl methyl sites for hydroxylation is 2. The molecule has 2 aromatic carbocycles. The van der Waals surface area contributed by atoms with Crippen LogP contribution in [0, 0.1) is 13.8 Å². The fourth-order valence-corrected chi connectivity index (χ4v) is 3.47. The molecule has 0 fully saturated rings. The van der Waals surface area contributed by atoms with Crippen molar-refractivity contribution in [3.8, 4) is 11.4 Å². The Morgan fingerprint density at radius 2 is 1.79 bits per heavy atom. The van der Waals surface area contributed by atoms with Crippen LogP contribution in [0.2, 0.25) is 0 Å². The van der Waals surface area contributed by atoms with E-state index in [1.807, 2.05) is 37.4 Å². The lowest BCUT2D eigenvalue weighted by molar-refractivity contribution is 0.365. The van der Waals surface area contributed by atoms with Crippen LogP contribution in [-0.2, 0) is 6.42 Å². The van der Waals surface area contributed by atoms with E-state index in [1.54, 1.807) is 6.20 Å². The van der Waals surface area contributed by atoms with Crippen LogP contribution in [0.4, 0.5) is 5.82 Å². The summed E-state index contributed by atoms with van der Waals surface area (Å²) in [5.74, 6) is 1.85. The van der Waals surface area contributed by atoms with E-state index >= 15 is 0 Å².